The zero-order valence-corrected chi connectivity index (χ0v) is 13.2. The van der Waals surface area contributed by atoms with Crippen molar-refractivity contribution in [3.63, 3.8) is 0 Å². The summed E-state index contributed by atoms with van der Waals surface area (Å²) in [6.07, 6.45) is 2.42. The van der Waals surface area contributed by atoms with Crippen LogP contribution in [0.1, 0.15) is 24.8 Å². The van der Waals surface area contributed by atoms with Crippen molar-refractivity contribution in [3.05, 3.63) is 23.8 Å². The van der Waals surface area contributed by atoms with Crippen molar-refractivity contribution in [2.24, 2.45) is 0 Å². The fraction of sp³-hybridized carbons (Fsp3) is 0.467. The molecule has 2 aliphatic heterocycles. The van der Waals surface area contributed by atoms with Gasteiger partial charge >= 0.3 is 0 Å². The standard InChI is InChI=1S/C15H17N3O4S/c19-14-6-9-5-12(3-4-13(9)16-14)23(21,22)17-10-7-15(20)18(8-10)11-1-2-11/h3-5,10-11,17H,1-2,6-8H2,(H,16,19). The van der Waals surface area contributed by atoms with E-state index in [2.05, 4.69) is 10.0 Å². The number of sulfonamides is 1. The number of nitrogens with one attached hydrogen (secondary N) is 2. The number of carbonyl (C=O) groups is 2. The second-order valence-corrected chi connectivity index (χ2v) is 8.06. The molecule has 2 fully saturated rings. The van der Waals surface area contributed by atoms with E-state index in [0.717, 1.165) is 12.8 Å². The molecule has 122 valence electrons. The summed E-state index contributed by atoms with van der Waals surface area (Å²) < 4.78 is 27.7. The van der Waals surface area contributed by atoms with Crippen LogP contribution >= 0.6 is 0 Å². The molecule has 8 heteroatoms. The number of fused-ring (bicyclic) bond motifs is 1. The van der Waals surface area contributed by atoms with E-state index in [1.165, 1.54) is 12.1 Å². The van der Waals surface area contributed by atoms with Crippen molar-refractivity contribution >= 4 is 27.5 Å². The highest BCUT2D eigenvalue weighted by molar-refractivity contribution is 7.89. The highest BCUT2D eigenvalue weighted by Gasteiger charge is 2.40. The van der Waals surface area contributed by atoms with Gasteiger partial charge in [-0.25, -0.2) is 13.1 Å². The average Bonchev–Trinajstić information content (AvgIpc) is 3.15. The molecule has 1 saturated carbocycles. The normalized spacial score (nSPS) is 24.0. The van der Waals surface area contributed by atoms with Gasteiger partial charge in [0, 0.05) is 30.7 Å². The topological polar surface area (TPSA) is 95.6 Å². The molecule has 23 heavy (non-hydrogen) atoms. The molecule has 7 nitrogen and oxygen atoms in total. The number of likely N-dealkylation sites (tertiary alicyclic amines) is 1. The van der Waals surface area contributed by atoms with Gasteiger partial charge in [0.15, 0.2) is 0 Å². The maximum absolute atomic E-state index is 12.5. The number of benzene rings is 1. The van der Waals surface area contributed by atoms with Gasteiger partial charge in [-0.2, -0.15) is 0 Å². The van der Waals surface area contributed by atoms with E-state index in [4.69, 9.17) is 0 Å². The summed E-state index contributed by atoms with van der Waals surface area (Å²) in [4.78, 5) is 25.2. The number of rotatable bonds is 4. The van der Waals surface area contributed by atoms with Gasteiger partial charge in [-0.3, -0.25) is 9.59 Å². The van der Waals surface area contributed by atoms with E-state index >= 15 is 0 Å². The summed E-state index contributed by atoms with van der Waals surface area (Å²) >= 11 is 0. The largest absolute Gasteiger partial charge is 0.338 e. The molecule has 1 atom stereocenters. The Morgan fingerprint density at radius 2 is 2.00 bits per heavy atom. The summed E-state index contributed by atoms with van der Waals surface area (Å²) in [6, 6.07) is 4.51. The highest BCUT2D eigenvalue weighted by Crippen LogP contribution is 2.31. The SMILES string of the molecule is O=C1Cc2cc(S(=O)(=O)NC3CC(=O)N(C4CC4)C3)ccc2N1. The van der Waals surface area contributed by atoms with Crippen LogP contribution in [0.3, 0.4) is 0 Å². The third-order valence-electron chi connectivity index (χ3n) is 4.48. The van der Waals surface area contributed by atoms with Gasteiger partial charge in [-0.15, -0.1) is 0 Å². The Morgan fingerprint density at radius 1 is 1.22 bits per heavy atom. The second kappa shape index (κ2) is 5.04. The van der Waals surface area contributed by atoms with Crippen LogP contribution in [0, 0.1) is 0 Å². The predicted octanol–water partition coefficient (Wildman–Crippen LogP) is 0.223. The summed E-state index contributed by atoms with van der Waals surface area (Å²) in [5.41, 5.74) is 1.34. The maximum atomic E-state index is 12.5. The van der Waals surface area contributed by atoms with Gasteiger partial charge in [-0.1, -0.05) is 0 Å². The number of amides is 2. The summed E-state index contributed by atoms with van der Waals surface area (Å²) in [6.45, 7) is 0.438. The monoisotopic (exact) mass is 335 g/mol. The van der Waals surface area contributed by atoms with E-state index in [1.807, 2.05) is 0 Å². The number of hydrogen-bond acceptors (Lipinski definition) is 4. The van der Waals surface area contributed by atoms with Crippen LogP contribution in [0.2, 0.25) is 0 Å². The van der Waals surface area contributed by atoms with Crippen LogP contribution in [0.25, 0.3) is 0 Å². The summed E-state index contributed by atoms with van der Waals surface area (Å²) in [7, 11) is -3.70. The van der Waals surface area contributed by atoms with E-state index in [-0.39, 0.29) is 35.6 Å². The van der Waals surface area contributed by atoms with Crippen LogP contribution in [0.4, 0.5) is 5.69 Å². The molecule has 1 saturated heterocycles. The number of carbonyl (C=O) groups excluding carboxylic acids is 2. The van der Waals surface area contributed by atoms with E-state index < -0.39 is 10.0 Å². The lowest BCUT2D eigenvalue weighted by molar-refractivity contribution is -0.128. The molecular weight excluding hydrogens is 318 g/mol. The third kappa shape index (κ3) is 2.72. The van der Waals surface area contributed by atoms with Gasteiger partial charge < -0.3 is 10.2 Å². The van der Waals surface area contributed by atoms with Gasteiger partial charge in [0.25, 0.3) is 0 Å². The molecule has 1 unspecified atom stereocenters. The molecule has 1 aromatic rings. The third-order valence-corrected chi connectivity index (χ3v) is 6.00. The first-order valence-electron chi connectivity index (χ1n) is 7.67. The molecule has 0 aromatic heterocycles. The van der Waals surface area contributed by atoms with Gasteiger partial charge in [0.05, 0.1) is 11.3 Å². The minimum atomic E-state index is -3.70. The first-order valence-corrected chi connectivity index (χ1v) is 9.15. The smallest absolute Gasteiger partial charge is 0.240 e. The zero-order chi connectivity index (χ0) is 16.2. The molecule has 3 aliphatic rings. The fourth-order valence-corrected chi connectivity index (χ4v) is 4.49. The zero-order valence-electron chi connectivity index (χ0n) is 12.4. The van der Waals surface area contributed by atoms with Crippen molar-refractivity contribution in [2.45, 2.75) is 42.7 Å². The average molecular weight is 335 g/mol. The lowest BCUT2D eigenvalue weighted by atomic mass is 10.2. The Morgan fingerprint density at radius 3 is 2.74 bits per heavy atom. The Hall–Kier alpha value is -1.93. The van der Waals surface area contributed by atoms with Crippen molar-refractivity contribution in [1.29, 1.82) is 0 Å². The van der Waals surface area contributed by atoms with Crippen molar-refractivity contribution < 1.29 is 18.0 Å². The molecule has 0 spiro atoms. The lowest BCUT2D eigenvalue weighted by Gasteiger charge is -2.16. The fourth-order valence-electron chi connectivity index (χ4n) is 3.21. The highest BCUT2D eigenvalue weighted by atomic mass is 32.2. The number of nitrogens with zero attached hydrogens (tertiary/aromatic N) is 1. The minimum Gasteiger partial charge on any atom is -0.338 e. The van der Waals surface area contributed by atoms with Gasteiger partial charge in [-0.05, 0) is 36.6 Å². The van der Waals surface area contributed by atoms with Crippen molar-refractivity contribution in [1.82, 2.24) is 9.62 Å². The van der Waals surface area contributed by atoms with E-state index in [0.29, 0.717) is 23.8 Å². The second-order valence-electron chi connectivity index (χ2n) is 6.34. The quantitative estimate of drug-likeness (QED) is 0.823. The summed E-state index contributed by atoms with van der Waals surface area (Å²) in [5, 5.41) is 2.67. The van der Waals surface area contributed by atoms with Crippen LogP contribution in [0.5, 0.6) is 0 Å². The first-order chi connectivity index (χ1) is 10.9. The Balaban J connectivity index is 1.51. The van der Waals surface area contributed by atoms with Crippen LogP contribution < -0.4 is 10.0 Å². The maximum Gasteiger partial charge on any atom is 0.240 e. The number of anilines is 1. The van der Waals surface area contributed by atoms with Crippen molar-refractivity contribution in [3.8, 4) is 0 Å². The van der Waals surface area contributed by atoms with E-state index in [9.17, 15) is 18.0 Å². The molecule has 0 bridgehead atoms. The molecule has 1 aliphatic carbocycles. The Bertz CT molecular complexity index is 801. The lowest BCUT2D eigenvalue weighted by Crippen LogP contribution is -2.37. The Labute approximate surface area is 134 Å². The molecule has 0 radical (unpaired) electrons. The molecule has 2 N–H and O–H groups in total. The van der Waals surface area contributed by atoms with Gasteiger partial charge in [0.1, 0.15) is 0 Å². The predicted molar refractivity (Wildman–Crippen MR) is 82.2 cm³/mol. The van der Waals surface area contributed by atoms with E-state index in [1.54, 1.807) is 11.0 Å². The molecule has 2 amide bonds. The van der Waals surface area contributed by atoms with Crippen molar-refractivity contribution in [2.75, 3.05) is 11.9 Å². The molecule has 4 rings (SSSR count). The number of hydrogen-bond donors (Lipinski definition) is 2. The van der Waals surface area contributed by atoms with Gasteiger partial charge in [0.2, 0.25) is 21.8 Å². The van der Waals surface area contributed by atoms with Crippen LogP contribution in [-0.4, -0.2) is 43.8 Å². The van der Waals surface area contributed by atoms with Crippen LogP contribution in [0.15, 0.2) is 23.1 Å². The minimum absolute atomic E-state index is 0.0175. The first kappa shape index (κ1) is 14.6. The summed E-state index contributed by atoms with van der Waals surface area (Å²) in [5.74, 6) is -0.118. The molecular formula is C15H17N3O4S. The molecule has 1 aromatic carbocycles. The molecule has 2 heterocycles. The van der Waals surface area contributed by atoms with Crippen LogP contribution in [-0.2, 0) is 26.0 Å². The Kier molecular flexibility index (Phi) is 3.21.